The van der Waals surface area contributed by atoms with E-state index in [0.717, 1.165) is 11.1 Å². The van der Waals surface area contributed by atoms with Crippen molar-refractivity contribution in [1.29, 1.82) is 0 Å². The van der Waals surface area contributed by atoms with Gasteiger partial charge in [0.05, 0.1) is 0 Å². The molecule has 43 heavy (non-hydrogen) atoms. The van der Waals surface area contributed by atoms with Gasteiger partial charge in [0.25, 0.3) is 0 Å². The van der Waals surface area contributed by atoms with Gasteiger partial charge in [0.15, 0.2) is 12.1 Å². The van der Waals surface area contributed by atoms with Crippen LogP contribution in [0.2, 0.25) is 0 Å². The molecule has 1 N–H and O–H groups in total. The first-order chi connectivity index (χ1) is 20.6. The number of β-lactam (4-membered cyclic amide) rings is 1. The lowest BCUT2D eigenvalue weighted by Gasteiger charge is -2.51. The van der Waals surface area contributed by atoms with E-state index in [0.29, 0.717) is 30.7 Å². The van der Waals surface area contributed by atoms with Gasteiger partial charge in [-0.2, -0.15) is 0 Å². The summed E-state index contributed by atoms with van der Waals surface area (Å²) in [6, 6.07) is 16.8. The van der Waals surface area contributed by atoms with Crippen LogP contribution in [0, 0.1) is 0 Å². The average molecular weight is 602 g/mol. The molecule has 3 heterocycles. The van der Waals surface area contributed by atoms with Crippen molar-refractivity contribution in [3.63, 3.8) is 0 Å². The second kappa shape index (κ2) is 12.5. The number of likely N-dealkylation sites (tertiary alicyclic amines) is 1. The minimum Gasteiger partial charge on any atom is -0.451 e. The van der Waals surface area contributed by atoms with Crippen molar-refractivity contribution in [3.8, 4) is 0 Å². The lowest BCUT2D eigenvalue weighted by molar-refractivity contribution is -0.164. The van der Waals surface area contributed by atoms with Crippen LogP contribution in [0.25, 0.3) is 0 Å². The molecule has 2 saturated heterocycles. The summed E-state index contributed by atoms with van der Waals surface area (Å²) in [5.41, 5.74) is 1.85. The molecule has 3 aliphatic heterocycles. The summed E-state index contributed by atoms with van der Waals surface area (Å²) in [5.74, 6) is -1.20. The van der Waals surface area contributed by atoms with Crippen molar-refractivity contribution in [2.24, 2.45) is 0 Å². The molecule has 0 radical (unpaired) electrons. The minimum atomic E-state index is -1.11. The lowest BCUT2D eigenvalue weighted by Crippen LogP contribution is -2.74. The highest BCUT2D eigenvalue weighted by molar-refractivity contribution is 8.03. The van der Waals surface area contributed by atoms with Gasteiger partial charge in [-0.25, -0.2) is 9.59 Å². The fourth-order valence-electron chi connectivity index (χ4n) is 5.31. The molecule has 3 amide bonds. The van der Waals surface area contributed by atoms with Gasteiger partial charge in [-0.15, -0.1) is 18.3 Å². The number of rotatable bonds is 8. The number of nitrogens with zero attached hydrogens (tertiary/aromatic N) is 2. The molecular formula is C33H35N3O6S. The Morgan fingerprint density at radius 3 is 2.28 bits per heavy atom. The Hall–Kier alpha value is -4.31. The summed E-state index contributed by atoms with van der Waals surface area (Å²) >= 11 is 1.30. The molecule has 2 aromatic rings. The molecule has 0 saturated carbocycles. The normalized spacial score (nSPS) is 22.6. The summed E-state index contributed by atoms with van der Waals surface area (Å²) in [6.07, 6.45) is 2.44. The minimum absolute atomic E-state index is 0.133. The molecule has 3 atom stereocenters. The maximum Gasteiger partial charge on any atom is 0.408 e. The fourth-order valence-corrected chi connectivity index (χ4v) is 6.50. The summed E-state index contributed by atoms with van der Waals surface area (Å²) in [7, 11) is 0. The molecule has 224 valence electrons. The van der Waals surface area contributed by atoms with Crippen LogP contribution in [0.15, 0.2) is 95.9 Å². The van der Waals surface area contributed by atoms with Crippen LogP contribution < -0.4 is 5.32 Å². The Morgan fingerprint density at radius 2 is 1.70 bits per heavy atom. The van der Waals surface area contributed by atoms with Gasteiger partial charge >= 0.3 is 12.1 Å². The monoisotopic (exact) mass is 601 g/mol. The zero-order valence-electron chi connectivity index (χ0n) is 24.4. The molecule has 10 heteroatoms. The van der Waals surface area contributed by atoms with E-state index in [1.807, 2.05) is 60.7 Å². The third-order valence-electron chi connectivity index (χ3n) is 7.25. The Kier molecular flexibility index (Phi) is 8.77. The number of carbonyl (C=O) groups excluding carboxylic acids is 4. The summed E-state index contributed by atoms with van der Waals surface area (Å²) in [5, 5.41) is 3.87. The van der Waals surface area contributed by atoms with E-state index in [-0.39, 0.29) is 5.91 Å². The van der Waals surface area contributed by atoms with Gasteiger partial charge in [-0.3, -0.25) is 9.59 Å². The number of hydrogen-bond donors (Lipinski definition) is 1. The van der Waals surface area contributed by atoms with E-state index in [1.165, 1.54) is 16.7 Å². The van der Waals surface area contributed by atoms with Gasteiger partial charge in [-0.05, 0) is 55.4 Å². The van der Waals surface area contributed by atoms with Crippen LogP contribution in [0.1, 0.15) is 44.4 Å². The molecule has 2 fully saturated rings. The van der Waals surface area contributed by atoms with Gasteiger partial charge in [0, 0.05) is 18.7 Å². The molecule has 0 unspecified atom stereocenters. The summed E-state index contributed by atoms with van der Waals surface area (Å²) in [4.78, 5) is 56.3. The molecule has 9 nitrogen and oxygen atoms in total. The Labute approximate surface area is 255 Å². The van der Waals surface area contributed by atoms with Gasteiger partial charge in [-0.1, -0.05) is 66.7 Å². The first-order valence-corrected chi connectivity index (χ1v) is 15.1. The van der Waals surface area contributed by atoms with Gasteiger partial charge < -0.3 is 24.6 Å². The quantitative estimate of drug-likeness (QED) is 0.202. The highest BCUT2D eigenvalue weighted by Crippen LogP contribution is 2.42. The van der Waals surface area contributed by atoms with Crippen molar-refractivity contribution in [1.82, 2.24) is 15.1 Å². The number of hydrogen-bond acceptors (Lipinski definition) is 7. The molecule has 0 bridgehead atoms. The van der Waals surface area contributed by atoms with Crippen molar-refractivity contribution in [3.05, 3.63) is 107 Å². The summed E-state index contributed by atoms with van der Waals surface area (Å²) in [6.45, 7) is 9.91. The van der Waals surface area contributed by atoms with Crippen molar-refractivity contribution >= 4 is 35.6 Å². The van der Waals surface area contributed by atoms with Crippen LogP contribution in [-0.2, 0) is 23.9 Å². The maximum atomic E-state index is 14.1. The highest BCUT2D eigenvalue weighted by atomic mass is 32.2. The first kappa shape index (κ1) is 30.2. The molecule has 0 aromatic heterocycles. The SMILES string of the molecule is C=CCN1CCC(=CC2=CS[C@@H]3[C@H](NC(=O)OC(C)(C)C)C(=O)N3[C@@H]2C(=O)OC(c2ccccc2)c2ccccc2)C1=O. The Balaban J connectivity index is 1.46. The number of ether oxygens (including phenoxy) is 2. The van der Waals surface area contributed by atoms with E-state index in [2.05, 4.69) is 11.9 Å². The van der Waals surface area contributed by atoms with Crippen LogP contribution >= 0.6 is 11.8 Å². The van der Waals surface area contributed by atoms with Crippen LogP contribution in [0.3, 0.4) is 0 Å². The van der Waals surface area contributed by atoms with Crippen molar-refractivity contribution < 1.29 is 28.7 Å². The van der Waals surface area contributed by atoms with E-state index in [4.69, 9.17) is 9.47 Å². The predicted molar refractivity (Wildman–Crippen MR) is 164 cm³/mol. The Morgan fingerprint density at radius 1 is 1.07 bits per heavy atom. The average Bonchev–Trinajstić information content (AvgIpc) is 3.32. The maximum absolute atomic E-state index is 14.1. The standard InChI is InChI=1S/C33H35N3O6S/c1-5-17-35-18-16-23(28(35)37)19-24-20-43-30-25(34-32(40)42-33(2,3)4)29(38)36(30)26(24)31(39)41-27(21-12-8-6-9-13-21)22-14-10-7-11-15-22/h5-15,19-20,25-27,30H,1,16-18H2,2-4H3,(H,34,40)/t25-,26+,30-/m1/s1. The van der Waals surface area contributed by atoms with E-state index in [1.54, 1.807) is 43.2 Å². The molecule has 3 aliphatic rings. The smallest absolute Gasteiger partial charge is 0.408 e. The zero-order valence-corrected chi connectivity index (χ0v) is 25.2. The molecule has 2 aromatic carbocycles. The molecule has 0 spiro atoms. The number of nitrogens with one attached hydrogen (secondary N) is 1. The predicted octanol–water partition coefficient (Wildman–Crippen LogP) is 4.72. The summed E-state index contributed by atoms with van der Waals surface area (Å²) < 4.78 is 11.5. The topological polar surface area (TPSA) is 105 Å². The number of benzene rings is 2. The first-order valence-electron chi connectivity index (χ1n) is 14.2. The number of carbonyl (C=O) groups is 4. The van der Waals surface area contributed by atoms with Gasteiger partial charge in [0.2, 0.25) is 11.8 Å². The number of amides is 3. The largest absolute Gasteiger partial charge is 0.451 e. The number of alkyl carbamates (subject to hydrolysis) is 1. The van der Waals surface area contributed by atoms with Crippen LogP contribution in [-0.4, -0.2) is 69.8 Å². The van der Waals surface area contributed by atoms with E-state index >= 15 is 0 Å². The number of fused-ring (bicyclic) bond motifs is 1. The van der Waals surface area contributed by atoms with Crippen LogP contribution in [0.4, 0.5) is 4.79 Å². The van der Waals surface area contributed by atoms with E-state index < -0.39 is 47.1 Å². The number of esters is 1. The molecule has 5 rings (SSSR count). The Bertz CT molecular complexity index is 1430. The van der Waals surface area contributed by atoms with Crippen molar-refractivity contribution in [2.45, 2.75) is 56.4 Å². The second-order valence-electron chi connectivity index (χ2n) is 11.5. The zero-order chi connectivity index (χ0) is 30.7. The van der Waals surface area contributed by atoms with Crippen LogP contribution in [0.5, 0.6) is 0 Å². The van der Waals surface area contributed by atoms with E-state index in [9.17, 15) is 19.2 Å². The second-order valence-corrected chi connectivity index (χ2v) is 12.5. The highest BCUT2D eigenvalue weighted by Gasteiger charge is 2.56. The van der Waals surface area contributed by atoms with Crippen molar-refractivity contribution in [2.75, 3.05) is 13.1 Å². The van der Waals surface area contributed by atoms with Gasteiger partial charge in [0.1, 0.15) is 17.0 Å². The fraction of sp³-hybridized carbons (Fsp3) is 0.333. The third-order valence-corrected chi connectivity index (χ3v) is 8.44. The third kappa shape index (κ3) is 6.54. The lowest BCUT2D eigenvalue weighted by atomic mass is 9.95. The molecular weight excluding hydrogens is 566 g/mol. The number of thioether (sulfide) groups is 1. The molecule has 0 aliphatic carbocycles.